The van der Waals surface area contributed by atoms with Crippen molar-refractivity contribution in [2.45, 2.75) is 39.5 Å². The fraction of sp³-hybridized carbons (Fsp3) is 0.571. The first-order chi connectivity index (χ1) is 6.99. The third-order valence-corrected chi connectivity index (χ3v) is 3.33. The van der Waals surface area contributed by atoms with E-state index in [1.807, 2.05) is 7.05 Å². The van der Waals surface area contributed by atoms with E-state index >= 15 is 0 Å². The predicted molar refractivity (Wildman–Crippen MR) is 67.5 cm³/mol. The van der Waals surface area contributed by atoms with E-state index in [-0.39, 0.29) is 5.41 Å². The van der Waals surface area contributed by atoms with E-state index in [0.29, 0.717) is 0 Å². The van der Waals surface area contributed by atoms with Crippen LogP contribution < -0.4 is 5.32 Å². The van der Waals surface area contributed by atoms with Gasteiger partial charge in [0.2, 0.25) is 0 Å². The Morgan fingerprint density at radius 1 is 1.20 bits per heavy atom. The summed E-state index contributed by atoms with van der Waals surface area (Å²) in [4.78, 5) is 0. The highest BCUT2D eigenvalue weighted by molar-refractivity contribution is 5.37. The molecule has 0 aliphatic rings. The fourth-order valence-corrected chi connectivity index (χ4v) is 2.06. The molecular formula is C14H23N. The summed E-state index contributed by atoms with van der Waals surface area (Å²) < 4.78 is 0. The van der Waals surface area contributed by atoms with Crippen molar-refractivity contribution in [1.29, 1.82) is 0 Å². The minimum atomic E-state index is 0.263. The number of hydrogen-bond acceptors (Lipinski definition) is 1. The Kier molecular flexibility index (Phi) is 3.92. The zero-order chi connectivity index (χ0) is 11.5. The molecule has 0 aliphatic carbocycles. The molecule has 0 saturated heterocycles. The van der Waals surface area contributed by atoms with Crippen molar-refractivity contribution in [2.75, 3.05) is 13.6 Å². The summed E-state index contributed by atoms with van der Waals surface area (Å²) >= 11 is 0. The normalized spacial score (nSPS) is 11.8. The van der Waals surface area contributed by atoms with Gasteiger partial charge in [-0.05, 0) is 56.0 Å². The maximum Gasteiger partial charge on any atom is -0.00436 e. The van der Waals surface area contributed by atoms with Gasteiger partial charge in [-0.15, -0.1) is 0 Å². The van der Waals surface area contributed by atoms with Gasteiger partial charge >= 0.3 is 0 Å². The van der Waals surface area contributed by atoms with Crippen LogP contribution in [-0.2, 0) is 5.41 Å². The summed E-state index contributed by atoms with van der Waals surface area (Å²) in [5.74, 6) is 0. The van der Waals surface area contributed by atoms with Crippen LogP contribution in [0.15, 0.2) is 18.2 Å². The highest BCUT2D eigenvalue weighted by atomic mass is 14.8. The van der Waals surface area contributed by atoms with E-state index in [0.717, 1.165) is 6.54 Å². The minimum Gasteiger partial charge on any atom is -0.320 e. The molecule has 1 nitrogen and oxygen atoms in total. The van der Waals surface area contributed by atoms with Crippen LogP contribution in [0.2, 0.25) is 0 Å². The molecule has 0 saturated carbocycles. The minimum absolute atomic E-state index is 0.263. The Balaban J connectivity index is 2.98. The summed E-state index contributed by atoms with van der Waals surface area (Å²) in [5, 5.41) is 3.23. The number of hydrogen-bond donors (Lipinski definition) is 1. The van der Waals surface area contributed by atoms with E-state index in [1.54, 1.807) is 0 Å². The zero-order valence-corrected chi connectivity index (χ0v) is 10.6. The second-order valence-electron chi connectivity index (χ2n) is 4.98. The topological polar surface area (TPSA) is 12.0 Å². The first-order valence-corrected chi connectivity index (χ1v) is 5.70. The summed E-state index contributed by atoms with van der Waals surface area (Å²) in [6.07, 6.45) is 1.17. The summed E-state index contributed by atoms with van der Waals surface area (Å²) in [6, 6.07) is 6.61. The Bertz CT molecular complexity index is 326. The quantitative estimate of drug-likeness (QED) is 0.796. The van der Waals surface area contributed by atoms with E-state index in [4.69, 9.17) is 0 Å². The molecule has 84 valence electrons. The van der Waals surface area contributed by atoms with Crippen molar-refractivity contribution in [3.8, 4) is 0 Å². The first-order valence-electron chi connectivity index (χ1n) is 5.70. The number of nitrogens with one attached hydrogen (secondary N) is 1. The van der Waals surface area contributed by atoms with Gasteiger partial charge in [0.25, 0.3) is 0 Å². The molecule has 0 heterocycles. The molecule has 0 fully saturated rings. The zero-order valence-electron chi connectivity index (χ0n) is 10.6. The molecule has 0 spiro atoms. The van der Waals surface area contributed by atoms with Gasteiger partial charge in [-0.25, -0.2) is 0 Å². The van der Waals surface area contributed by atoms with Crippen molar-refractivity contribution >= 4 is 0 Å². The molecule has 1 N–H and O–H groups in total. The molecule has 0 radical (unpaired) electrons. The molecule has 1 rings (SSSR count). The van der Waals surface area contributed by atoms with Crippen LogP contribution in [0.5, 0.6) is 0 Å². The van der Waals surface area contributed by atoms with Crippen molar-refractivity contribution in [3.05, 3.63) is 34.9 Å². The van der Waals surface area contributed by atoms with Crippen LogP contribution in [0.25, 0.3) is 0 Å². The van der Waals surface area contributed by atoms with Crippen LogP contribution >= 0.6 is 0 Å². The third-order valence-electron chi connectivity index (χ3n) is 3.33. The molecule has 0 bridgehead atoms. The van der Waals surface area contributed by atoms with Gasteiger partial charge < -0.3 is 5.32 Å². The van der Waals surface area contributed by atoms with Crippen molar-refractivity contribution in [3.63, 3.8) is 0 Å². The molecule has 1 aromatic rings. The Morgan fingerprint density at radius 3 is 2.47 bits per heavy atom. The predicted octanol–water partition coefficient (Wildman–Crippen LogP) is 3.19. The van der Waals surface area contributed by atoms with Crippen molar-refractivity contribution in [2.24, 2.45) is 0 Å². The Labute approximate surface area is 93.9 Å². The Morgan fingerprint density at radius 2 is 1.87 bits per heavy atom. The lowest BCUT2D eigenvalue weighted by Gasteiger charge is -2.27. The largest absolute Gasteiger partial charge is 0.320 e. The molecule has 0 amide bonds. The van der Waals surface area contributed by atoms with Gasteiger partial charge in [0.15, 0.2) is 0 Å². The van der Waals surface area contributed by atoms with Gasteiger partial charge in [-0.3, -0.25) is 0 Å². The summed E-state index contributed by atoms with van der Waals surface area (Å²) in [7, 11) is 2.01. The molecule has 15 heavy (non-hydrogen) atoms. The van der Waals surface area contributed by atoms with Gasteiger partial charge in [0.1, 0.15) is 0 Å². The van der Waals surface area contributed by atoms with Crippen LogP contribution in [0.4, 0.5) is 0 Å². The molecule has 0 aliphatic heterocycles. The molecule has 1 aromatic carbocycles. The average Bonchev–Trinajstić information content (AvgIpc) is 2.19. The van der Waals surface area contributed by atoms with Crippen molar-refractivity contribution < 1.29 is 0 Å². The lowest BCUT2D eigenvalue weighted by atomic mass is 9.78. The molecule has 0 unspecified atom stereocenters. The lowest BCUT2D eigenvalue weighted by molar-refractivity contribution is 0.466. The van der Waals surface area contributed by atoms with Gasteiger partial charge in [0.05, 0.1) is 0 Å². The van der Waals surface area contributed by atoms with E-state index in [9.17, 15) is 0 Å². The lowest BCUT2D eigenvalue weighted by Crippen LogP contribution is -2.24. The SMILES string of the molecule is CNCCC(C)(C)c1cccc(C)c1C. The number of benzene rings is 1. The highest BCUT2D eigenvalue weighted by Crippen LogP contribution is 2.30. The summed E-state index contributed by atoms with van der Waals surface area (Å²) in [5.41, 5.74) is 4.58. The van der Waals surface area contributed by atoms with Crippen LogP contribution in [0.1, 0.15) is 37.0 Å². The monoisotopic (exact) mass is 205 g/mol. The van der Waals surface area contributed by atoms with Gasteiger partial charge in [-0.2, -0.15) is 0 Å². The third kappa shape index (κ3) is 2.82. The maximum atomic E-state index is 3.23. The van der Waals surface area contributed by atoms with Crippen LogP contribution in [0.3, 0.4) is 0 Å². The smallest absolute Gasteiger partial charge is 0.00436 e. The molecule has 0 atom stereocenters. The fourth-order valence-electron chi connectivity index (χ4n) is 2.06. The van der Waals surface area contributed by atoms with E-state index in [2.05, 4.69) is 51.2 Å². The van der Waals surface area contributed by atoms with E-state index in [1.165, 1.54) is 23.1 Å². The molecule has 0 aromatic heterocycles. The molecular weight excluding hydrogens is 182 g/mol. The first kappa shape index (κ1) is 12.3. The van der Waals surface area contributed by atoms with Crippen molar-refractivity contribution in [1.82, 2.24) is 5.32 Å². The molecule has 1 heteroatoms. The van der Waals surface area contributed by atoms with Gasteiger partial charge in [-0.1, -0.05) is 32.0 Å². The average molecular weight is 205 g/mol. The second-order valence-corrected chi connectivity index (χ2v) is 4.98. The second kappa shape index (κ2) is 4.80. The number of aryl methyl sites for hydroxylation is 1. The van der Waals surface area contributed by atoms with Crippen LogP contribution in [0, 0.1) is 13.8 Å². The van der Waals surface area contributed by atoms with E-state index < -0.39 is 0 Å². The van der Waals surface area contributed by atoms with Crippen LogP contribution in [-0.4, -0.2) is 13.6 Å². The maximum absolute atomic E-state index is 3.23. The summed E-state index contributed by atoms with van der Waals surface area (Å²) in [6.45, 7) is 10.1. The van der Waals surface area contributed by atoms with Gasteiger partial charge in [0, 0.05) is 0 Å². The Hall–Kier alpha value is -0.820. The standard InChI is InChI=1S/C14H23N/c1-11-7-6-8-13(12(11)2)14(3,4)9-10-15-5/h6-8,15H,9-10H2,1-5H3. The number of rotatable bonds is 4. The highest BCUT2D eigenvalue weighted by Gasteiger charge is 2.21.